The molecule has 3 nitrogen and oxygen atoms in total. The fourth-order valence-electron chi connectivity index (χ4n) is 1.61. The Morgan fingerprint density at radius 1 is 1.40 bits per heavy atom. The third-order valence-corrected chi connectivity index (χ3v) is 2.41. The van der Waals surface area contributed by atoms with Crippen molar-refractivity contribution in [2.45, 2.75) is 6.92 Å². The van der Waals surface area contributed by atoms with Crippen LogP contribution in [0.25, 0.3) is 10.9 Å². The number of fused-ring (bicyclic) bond motifs is 1. The molecule has 3 heteroatoms. The minimum atomic E-state index is 0.576. The lowest BCUT2D eigenvalue weighted by Crippen LogP contribution is -1.90. The summed E-state index contributed by atoms with van der Waals surface area (Å²) in [6.07, 6.45) is 1.58. The van der Waals surface area contributed by atoms with Gasteiger partial charge in [0.1, 0.15) is 11.8 Å². The monoisotopic (exact) mass is 198 g/mol. The number of methoxy groups -OCH3 is 1. The van der Waals surface area contributed by atoms with Gasteiger partial charge in [0.25, 0.3) is 0 Å². The molecule has 0 amide bonds. The maximum atomic E-state index is 8.75. The van der Waals surface area contributed by atoms with E-state index in [1.807, 2.05) is 25.1 Å². The van der Waals surface area contributed by atoms with Gasteiger partial charge in [-0.1, -0.05) is 0 Å². The second-order valence-electron chi connectivity index (χ2n) is 3.30. The minimum Gasteiger partial charge on any atom is -0.496 e. The topological polar surface area (TPSA) is 45.9 Å². The van der Waals surface area contributed by atoms with E-state index in [1.54, 1.807) is 13.3 Å². The zero-order valence-corrected chi connectivity index (χ0v) is 8.61. The molecule has 0 saturated heterocycles. The van der Waals surface area contributed by atoms with Gasteiger partial charge < -0.3 is 4.74 Å². The summed E-state index contributed by atoms with van der Waals surface area (Å²) >= 11 is 0. The maximum Gasteiger partial charge on any atom is 0.123 e. The SMILES string of the molecule is COc1ccc2cc(C#N)cnc2c1C. The average Bonchev–Trinajstić information content (AvgIpc) is 2.29. The maximum absolute atomic E-state index is 8.75. The van der Waals surface area contributed by atoms with Crippen LogP contribution in [0.5, 0.6) is 5.75 Å². The van der Waals surface area contributed by atoms with E-state index in [0.29, 0.717) is 5.56 Å². The van der Waals surface area contributed by atoms with Crippen molar-refractivity contribution in [1.29, 1.82) is 5.26 Å². The summed E-state index contributed by atoms with van der Waals surface area (Å²) in [6.45, 7) is 1.96. The van der Waals surface area contributed by atoms with E-state index in [9.17, 15) is 0 Å². The smallest absolute Gasteiger partial charge is 0.123 e. The van der Waals surface area contributed by atoms with Gasteiger partial charge in [0.15, 0.2) is 0 Å². The second kappa shape index (κ2) is 3.58. The molecule has 0 radical (unpaired) electrons. The van der Waals surface area contributed by atoms with Crippen molar-refractivity contribution in [3.8, 4) is 11.8 Å². The summed E-state index contributed by atoms with van der Waals surface area (Å²) in [6, 6.07) is 7.70. The number of aryl methyl sites for hydroxylation is 1. The lowest BCUT2D eigenvalue weighted by Gasteiger charge is -2.06. The molecule has 0 fully saturated rings. The summed E-state index contributed by atoms with van der Waals surface area (Å²) in [4.78, 5) is 4.26. The number of pyridine rings is 1. The van der Waals surface area contributed by atoms with Crippen LogP contribution in [-0.2, 0) is 0 Å². The van der Waals surface area contributed by atoms with Gasteiger partial charge in [0, 0.05) is 17.1 Å². The molecule has 74 valence electrons. The first kappa shape index (κ1) is 9.47. The van der Waals surface area contributed by atoms with Crippen molar-refractivity contribution in [1.82, 2.24) is 4.98 Å². The van der Waals surface area contributed by atoms with Crippen LogP contribution in [0.2, 0.25) is 0 Å². The molecular weight excluding hydrogens is 188 g/mol. The highest BCUT2D eigenvalue weighted by atomic mass is 16.5. The molecule has 0 spiro atoms. The summed E-state index contributed by atoms with van der Waals surface area (Å²) in [5.74, 6) is 0.819. The molecule has 1 aromatic carbocycles. The van der Waals surface area contributed by atoms with Gasteiger partial charge in [-0.2, -0.15) is 5.26 Å². The van der Waals surface area contributed by atoms with Gasteiger partial charge in [0.05, 0.1) is 18.2 Å². The minimum absolute atomic E-state index is 0.576. The molecule has 0 bridgehead atoms. The number of aromatic nitrogens is 1. The fraction of sp³-hybridized carbons (Fsp3) is 0.167. The lowest BCUT2D eigenvalue weighted by atomic mass is 10.1. The summed E-state index contributed by atoms with van der Waals surface area (Å²) in [7, 11) is 1.64. The Morgan fingerprint density at radius 2 is 2.20 bits per heavy atom. The Bertz CT molecular complexity index is 555. The molecule has 0 saturated carbocycles. The molecule has 1 aromatic heterocycles. The van der Waals surface area contributed by atoms with Crippen LogP contribution < -0.4 is 4.74 Å². The molecule has 2 aromatic rings. The van der Waals surface area contributed by atoms with Crippen molar-refractivity contribution in [3.63, 3.8) is 0 Å². The van der Waals surface area contributed by atoms with E-state index in [4.69, 9.17) is 10.00 Å². The highest BCUT2D eigenvalue weighted by Gasteiger charge is 2.05. The number of hydrogen-bond donors (Lipinski definition) is 0. The fourth-order valence-corrected chi connectivity index (χ4v) is 1.61. The number of nitrogens with zero attached hydrogens (tertiary/aromatic N) is 2. The van der Waals surface area contributed by atoms with Gasteiger partial charge in [0.2, 0.25) is 0 Å². The van der Waals surface area contributed by atoms with E-state index < -0.39 is 0 Å². The number of benzene rings is 1. The summed E-state index contributed by atoms with van der Waals surface area (Å²) < 4.78 is 5.20. The van der Waals surface area contributed by atoms with Gasteiger partial charge in [-0.25, -0.2) is 0 Å². The quantitative estimate of drug-likeness (QED) is 0.706. The third-order valence-electron chi connectivity index (χ3n) is 2.41. The highest BCUT2D eigenvalue weighted by molar-refractivity contribution is 5.84. The van der Waals surface area contributed by atoms with Crippen molar-refractivity contribution in [3.05, 3.63) is 35.5 Å². The van der Waals surface area contributed by atoms with Crippen molar-refractivity contribution >= 4 is 10.9 Å². The van der Waals surface area contributed by atoms with Gasteiger partial charge in [-0.05, 0) is 25.1 Å². The molecule has 0 atom stereocenters. The Morgan fingerprint density at radius 3 is 2.87 bits per heavy atom. The first-order chi connectivity index (χ1) is 7.26. The van der Waals surface area contributed by atoms with E-state index in [1.165, 1.54) is 0 Å². The van der Waals surface area contributed by atoms with Gasteiger partial charge >= 0.3 is 0 Å². The molecule has 0 N–H and O–H groups in total. The molecular formula is C12H10N2O. The highest BCUT2D eigenvalue weighted by Crippen LogP contribution is 2.25. The van der Waals surface area contributed by atoms with Crippen LogP contribution in [0, 0.1) is 18.3 Å². The number of hydrogen-bond acceptors (Lipinski definition) is 3. The molecule has 0 aliphatic rings. The van der Waals surface area contributed by atoms with Crippen LogP contribution in [0.3, 0.4) is 0 Å². The molecule has 2 rings (SSSR count). The molecule has 0 aliphatic heterocycles. The van der Waals surface area contributed by atoms with E-state index in [0.717, 1.165) is 22.2 Å². The zero-order valence-electron chi connectivity index (χ0n) is 8.61. The van der Waals surface area contributed by atoms with Crippen LogP contribution in [0.4, 0.5) is 0 Å². The normalized spacial score (nSPS) is 9.93. The molecule has 0 aliphatic carbocycles. The molecule has 0 unspecified atom stereocenters. The second-order valence-corrected chi connectivity index (χ2v) is 3.30. The summed E-state index contributed by atoms with van der Waals surface area (Å²) in [5, 5.41) is 9.72. The zero-order chi connectivity index (χ0) is 10.8. The Hall–Kier alpha value is -2.08. The number of ether oxygens (including phenoxy) is 1. The standard InChI is InChI=1S/C12H10N2O/c1-8-11(15-2)4-3-10-5-9(6-13)7-14-12(8)10/h3-5,7H,1-2H3. The predicted octanol–water partition coefficient (Wildman–Crippen LogP) is 2.42. The van der Waals surface area contributed by atoms with E-state index in [-0.39, 0.29) is 0 Å². The Kier molecular flexibility index (Phi) is 2.26. The number of nitriles is 1. The lowest BCUT2D eigenvalue weighted by molar-refractivity contribution is 0.412. The van der Waals surface area contributed by atoms with Crippen LogP contribution in [0.15, 0.2) is 24.4 Å². The van der Waals surface area contributed by atoms with Crippen molar-refractivity contribution < 1.29 is 4.74 Å². The van der Waals surface area contributed by atoms with Gasteiger partial charge in [-0.3, -0.25) is 4.98 Å². The molecule has 15 heavy (non-hydrogen) atoms. The van der Waals surface area contributed by atoms with Crippen LogP contribution in [-0.4, -0.2) is 12.1 Å². The van der Waals surface area contributed by atoms with E-state index in [2.05, 4.69) is 11.1 Å². The molecule has 1 heterocycles. The average molecular weight is 198 g/mol. The predicted molar refractivity (Wildman–Crippen MR) is 57.7 cm³/mol. The Labute approximate surface area is 87.9 Å². The van der Waals surface area contributed by atoms with Crippen molar-refractivity contribution in [2.75, 3.05) is 7.11 Å². The number of rotatable bonds is 1. The van der Waals surface area contributed by atoms with Gasteiger partial charge in [-0.15, -0.1) is 0 Å². The summed E-state index contributed by atoms with van der Waals surface area (Å²) in [5.41, 5.74) is 2.46. The first-order valence-electron chi connectivity index (χ1n) is 4.59. The largest absolute Gasteiger partial charge is 0.496 e. The van der Waals surface area contributed by atoms with Crippen molar-refractivity contribution in [2.24, 2.45) is 0 Å². The third kappa shape index (κ3) is 1.50. The van der Waals surface area contributed by atoms with Crippen LogP contribution >= 0.6 is 0 Å². The van der Waals surface area contributed by atoms with Crippen LogP contribution in [0.1, 0.15) is 11.1 Å². The Balaban J connectivity index is 2.75. The first-order valence-corrected chi connectivity index (χ1v) is 4.59. The van der Waals surface area contributed by atoms with E-state index >= 15 is 0 Å².